The Hall–Kier alpha value is -1.06. The van der Waals surface area contributed by atoms with E-state index >= 15 is 0 Å². The van der Waals surface area contributed by atoms with Gasteiger partial charge in [0.25, 0.3) is 0 Å². The third-order valence-electron chi connectivity index (χ3n) is 3.02. The van der Waals surface area contributed by atoms with Crippen LogP contribution in [-0.2, 0) is 9.59 Å². The molecule has 86 valence electrons. The maximum absolute atomic E-state index is 10.8. The Balaban J connectivity index is 2.18. The van der Waals surface area contributed by atoms with E-state index in [4.69, 9.17) is 5.11 Å². The molecule has 4 nitrogen and oxygen atoms in total. The molecule has 2 N–H and O–H groups in total. The van der Waals surface area contributed by atoms with Crippen LogP contribution in [0.25, 0.3) is 0 Å². The first-order chi connectivity index (χ1) is 7.08. The summed E-state index contributed by atoms with van der Waals surface area (Å²) in [5.74, 6) is -0.144. The van der Waals surface area contributed by atoms with Gasteiger partial charge >= 0.3 is 5.97 Å². The van der Waals surface area contributed by atoms with Crippen molar-refractivity contribution in [2.75, 3.05) is 0 Å². The van der Waals surface area contributed by atoms with Gasteiger partial charge in [0.05, 0.1) is 0 Å². The van der Waals surface area contributed by atoms with Crippen LogP contribution in [0.4, 0.5) is 0 Å². The lowest BCUT2D eigenvalue weighted by Gasteiger charge is -2.28. The van der Waals surface area contributed by atoms with Gasteiger partial charge in [-0.1, -0.05) is 0 Å². The molecule has 15 heavy (non-hydrogen) atoms. The van der Waals surface area contributed by atoms with E-state index in [1.807, 2.05) is 0 Å². The maximum Gasteiger partial charge on any atom is 0.303 e. The molecule has 1 aliphatic rings. The zero-order valence-electron chi connectivity index (χ0n) is 9.16. The Morgan fingerprint density at radius 1 is 1.27 bits per heavy atom. The molecular weight excluding hydrogens is 194 g/mol. The fourth-order valence-electron chi connectivity index (χ4n) is 2.21. The largest absolute Gasteiger partial charge is 0.481 e. The Labute approximate surface area is 90.0 Å². The van der Waals surface area contributed by atoms with Crippen molar-refractivity contribution < 1.29 is 14.7 Å². The Bertz CT molecular complexity index is 232. The predicted molar refractivity (Wildman–Crippen MR) is 56.4 cm³/mol. The number of carboxylic acids is 1. The van der Waals surface area contributed by atoms with Crippen LogP contribution >= 0.6 is 0 Å². The van der Waals surface area contributed by atoms with Crippen LogP contribution in [-0.4, -0.2) is 23.0 Å². The minimum atomic E-state index is -0.709. The fourth-order valence-corrected chi connectivity index (χ4v) is 2.21. The van der Waals surface area contributed by atoms with Crippen molar-refractivity contribution in [3.63, 3.8) is 0 Å². The molecule has 0 aromatic heterocycles. The zero-order chi connectivity index (χ0) is 11.3. The van der Waals surface area contributed by atoms with Gasteiger partial charge in [0.15, 0.2) is 0 Å². The summed E-state index contributed by atoms with van der Waals surface area (Å²) in [4.78, 5) is 21.2. The molecule has 1 fully saturated rings. The molecular formula is C11H19NO3. The van der Waals surface area contributed by atoms with Gasteiger partial charge in [-0.3, -0.25) is 9.59 Å². The third-order valence-corrected chi connectivity index (χ3v) is 3.02. The first-order valence-corrected chi connectivity index (χ1v) is 5.57. The minimum Gasteiger partial charge on any atom is -0.481 e. The van der Waals surface area contributed by atoms with E-state index in [1.165, 1.54) is 6.92 Å². The Morgan fingerprint density at radius 3 is 2.33 bits per heavy atom. The van der Waals surface area contributed by atoms with E-state index in [2.05, 4.69) is 5.32 Å². The lowest BCUT2D eigenvalue weighted by molar-refractivity contribution is -0.137. The first kappa shape index (κ1) is 12.0. The average Bonchev–Trinajstić information content (AvgIpc) is 2.16. The summed E-state index contributed by atoms with van der Waals surface area (Å²) in [5.41, 5.74) is 0. The molecule has 0 aliphatic heterocycles. The van der Waals surface area contributed by atoms with E-state index in [9.17, 15) is 9.59 Å². The van der Waals surface area contributed by atoms with Gasteiger partial charge in [-0.25, -0.2) is 0 Å². The molecule has 0 radical (unpaired) electrons. The SMILES string of the molecule is CC(=O)NC1CCC(CCC(=O)O)CC1. The van der Waals surface area contributed by atoms with Crippen molar-refractivity contribution in [3.8, 4) is 0 Å². The second-order valence-corrected chi connectivity index (χ2v) is 4.35. The van der Waals surface area contributed by atoms with E-state index in [0.717, 1.165) is 32.1 Å². The molecule has 0 unspecified atom stereocenters. The van der Waals surface area contributed by atoms with Crippen LogP contribution in [0.2, 0.25) is 0 Å². The predicted octanol–water partition coefficient (Wildman–Crippen LogP) is 1.55. The highest BCUT2D eigenvalue weighted by Gasteiger charge is 2.21. The fraction of sp³-hybridized carbons (Fsp3) is 0.818. The molecule has 1 aliphatic carbocycles. The van der Waals surface area contributed by atoms with Gasteiger partial charge in [0.2, 0.25) is 5.91 Å². The number of hydrogen-bond donors (Lipinski definition) is 2. The number of rotatable bonds is 4. The lowest BCUT2D eigenvalue weighted by atomic mass is 9.83. The van der Waals surface area contributed by atoms with Crippen molar-refractivity contribution >= 4 is 11.9 Å². The van der Waals surface area contributed by atoms with Gasteiger partial charge in [-0.2, -0.15) is 0 Å². The number of amides is 1. The second-order valence-electron chi connectivity index (χ2n) is 4.35. The van der Waals surface area contributed by atoms with Crippen LogP contribution in [0.15, 0.2) is 0 Å². The third kappa shape index (κ3) is 4.81. The smallest absolute Gasteiger partial charge is 0.303 e. The normalized spacial score (nSPS) is 25.9. The summed E-state index contributed by atoms with van der Waals surface area (Å²) in [6.07, 6.45) is 5.11. The van der Waals surface area contributed by atoms with Crippen molar-refractivity contribution in [2.24, 2.45) is 5.92 Å². The van der Waals surface area contributed by atoms with Gasteiger partial charge in [-0.05, 0) is 38.0 Å². The van der Waals surface area contributed by atoms with Crippen molar-refractivity contribution in [2.45, 2.75) is 51.5 Å². The van der Waals surface area contributed by atoms with Crippen LogP contribution in [0.3, 0.4) is 0 Å². The first-order valence-electron chi connectivity index (χ1n) is 5.57. The standard InChI is InChI=1S/C11H19NO3/c1-8(13)12-10-5-2-9(3-6-10)4-7-11(14)15/h9-10H,2-7H2,1H3,(H,12,13)(H,14,15). The number of hydrogen-bond acceptors (Lipinski definition) is 2. The van der Waals surface area contributed by atoms with Crippen LogP contribution in [0, 0.1) is 5.92 Å². The monoisotopic (exact) mass is 213 g/mol. The lowest BCUT2D eigenvalue weighted by Crippen LogP contribution is -2.36. The van der Waals surface area contributed by atoms with Crippen LogP contribution in [0.1, 0.15) is 45.4 Å². The summed E-state index contributed by atoms with van der Waals surface area (Å²) in [5, 5.41) is 11.5. The zero-order valence-corrected chi connectivity index (χ0v) is 9.16. The molecule has 0 aromatic carbocycles. The van der Waals surface area contributed by atoms with Gasteiger partial charge in [-0.15, -0.1) is 0 Å². The van der Waals surface area contributed by atoms with E-state index in [-0.39, 0.29) is 12.3 Å². The summed E-state index contributed by atoms with van der Waals surface area (Å²) < 4.78 is 0. The van der Waals surface area contributed by atoms with E-state index in [1.54, 1.807) is 0 Å². The van der Waals surface area contributed by atoms with Gasteiger partial charge in [0, 0.05) is 19.4 Å². The molecule has 0 spiro atoms. The van der Waals surface area contributed by atoms with Crippen LogP contribution < -0.4 is 5.32 Å². The second kappa shape index (κ2) is 5.73. The Morgan fingerprint density at radius 2 is 1.87 bits per heavy atom. The number of aliphatic carboxylic acids is 1. The number of carbonyl (C=O) groups excluding carboxylic acids is 1. The highest BCUT2D eigenvalue weighted by molar-refractivity contribution is 5.73. The molecule has 0 atom stereocenters. The van der Waals surface area contributed by atoms with Gasteiger partial charge in [0.1, 0.15) is 0 Å². The molecule has 0 aromatic rings. The number of carbonyl (C=O) groups is 2. The van der Waals surface area contributed by atoms with Crippen molar-refractivity contribution in [1.29, 1.82) is 0 Å². The Kier molecular flexibility index (Phi) is 4.59. The summed E-state index contributed by atoms with van der Waals surface area (Å²) in [7, 11) is 0. The molecule has 4 heteroatoms. The van der Waals surface area contributed by atoms with E-state index < -0.39 is 5.97 Å². The topological polar surface area (TPSA) is 66.4 Å². The average molecular weight is 213 g/mol. The van der Waals surface area contributed by atoms with E-state index in [0.29, 0.717) is 12.0 Å². The van der Waals surface area contributed by atoms with Crippen molar-refractivity contribution in [3.05, 3.63) is 0 Å². The molecule has 0 heterocycles. The number of carboxylic acid groups (broad SMARTS) is 1. The highest BCUT2D eigenvalue weighted by Crippen LogP contribution is 2.27. The molecule has 1 amide bonds. The summed E-state index contributed by atoms with van der Waals surface area (Å²) in [6.45, 7) is 1.54. The quantitative estimate of drug-likeness (QED) is 0.744. The molecule has 1 rings (SSSR count). The van der Waals surface area contributed by atoms with Gasteiger partial charge < -0.3 is 10.4 Å². The van der Waals surface area contributed by atoms with Crippen LogP contribution in [0.5, 0.6) is 0 Å². The molecule has 0 saturated heterocycles. The summed E-state index contributed by atoms with van der Waals surface area (Å²) in [6, 6.07) is 0.309. The minimum absolute atomic E-state index is 0.0315. The molecule has 1 saturated carbocycles. The number of nitrogens with one attached hydrogen (secondary N) is 1. The maximum atomic E-state index is 10.8. The van der Waals surface area contributed by atoms with Crippen molar-refractivity contribution in [1.82, 2.24) is 5.32 Å². The summed E-state index contributed by atoms with van der Waals surface area (Å²) >= 11 is 0. The molecule has 0 bridgehead atoms. The highest BCUT2D eigenvalue weighted by atomic mass is 16.4.